The van der Waals surface area contributed by atoms with Gasteiger partial charge in [0.2, 0.25) is 0 Å². The van der Waals surface area contributed by atoms with E-state index in [0.717, 1.165) is 38.3 Å². The van der Waals surface area contributed by atoms with Crippen LogP contribution in [-0.2, 0) is 6.54 Å². The lowest BCUT2D eigenvalue weighted by Crippen LogP contribution is -2.38. The van der Waals surface area contributed by atoms with Gasteiger partial charge < -0.3 is 15.5 Å². The molecule has 106 valence electrons. The average molecular weight is 264 g/mol. The summed E-state index contributed by atoms with van der Waals surface area (Å²) >= 11 is 0. The van der Waals surface area contributed by atoms with Crippen molar-refractivity contribution in [1.82, 2.24) is 10.2 Å². The number of phenolic OH excluding ortho intramolecular Hbond substituents is 2. The van der Waals surface area contributed by atoms with Gasteiger partial charge in [-0.1, -0.05) is 13.0 Å². The molecule has 1 unspecified atom stereocenters. The summed E-state index contributed by atoms with van der Waals surface area (Å²) in [5.41, 5.74) is 0.878. The average Bonchev–Trinajstić information content (AvgIpc) is 2.42. The monoisotopic (exact) mass is 264 g/mol. The number of rotatable bonds is 5. The Kier molecular flexibility index (Phi) is 5.05. The highest BCUT2D eigenvalue weighted by Gasteiger charge is 2.17. The van der Waals surface area contributed by atoms with Crippen molar-refractivity contribution in [3.8, 4) is 11.5 Å². The van der Waals surface area contributed by atoms with Gasteiger partial charge in [0.25, 0.3) is 0 Å². The third-order valence-corrected chi connectivity index (χ3v) is 3.83. The number of piperidine rings is 1. The highest BCUT2D eigenvalue weighted by Crippen LogP contribution is 2.24. The van der Waals surface area contributed by atoms with Crippen LogP contribution in [0.2, 0.25) is 0 Å². The molecule has 1 aromatic carbocycles. The number of phenols is 2. The van der Waals surface area contributed by atoms with Crippen LogP contribution in [0.5, 0.6) is 11.5 Å². The summed E-state index contributed by atoms with van der Waals surface area (Å²) in [5, 5.41) is 22.6. The first-order valence-corrected chi connectivity index (χ1v) is 7.13. The number of hydrogen-bond acceptors (Lipinski definition) is 4. The zero-order valence-electron chi connectivity index (χ0n) is 11.6. The quantitative estimate of drug-likeness (QED) is 0.760. The fourth-order valence-corrected chi connectivity index (χ4v) is 2.68. The van der Waals surface area contributed by atoms with Crippen molar-refractivity contribution in [2.45, 2.75) is 26.3 Å². The first-order valence-electron chi connectivity index (χ1n) is 7.13. The summed E-state index contributed by atoms with van der Waals surface area (Å²) in [5.74, 6) is 0.994. The molecule has 1 atom stereocenters. The Bertz CT molecular complexity index is 403. The van der Waals surface area contributed by atoms with E-state index in [1.165, 1.54) is 18.9 Å². The molecule has 1 aromatic rings. The molecule has 0 saturated carbocycles. The van der Waals surface area contributed by atoms with Crippen molar-refractivity contribution in [2.24, 2.45) is 5.92 Å². The van der Waals surface area contributed by atoms with Gasteiger partial charge in [0.15, 0.2) is 0 Å². The molecule has 1 fully saturated rings. The van der Waals surface area contributed by atoms with Gasteiger partial charge in [-0.2, -0.15) is 0 Å². The number of nitrogens with zero attached hydrogens (tertiary/aromatic N) is 1. The minimum atomic E-state index is 0.112. The zero-order chi connectivity index (χ0) is 13.7. The second-order valence-electron chi connectivity index (χ2n) is 5.35. The van der Waals surface area contributed by atoms with E-state index in [1.54, 1.807) is 12.1 Å². The SMILES string of the molecule is CCN(Cc1ccc(O)cc1O)CC1CCCNC1. The third-order valence-electron chi connectivity index (χ3n) is 3.83. The Hall–Kier alpha value is -1.26. The topological polar surface area (TPSA) is 55.7 Å². The van der Waals surface area contributed by atoms with Crippen molar-refractivity contribution in [3.63, 3.8) is 0 Å². The summed E-state index contributed by atoms with van der Waals surface area (Å²) in [4.78, 5) is 2.35. The van der Waals surface area contributed by atoms with Gasteiger partial charge >= 0.3 is 0 Å². The Balaban J connectivity index is 1.94. The lowest BCUT2D eigenvalue weighted by atomic mass is 9.99. The Labute approximate surface area is 115 Å². The molecule has 0 spiro atoms. The van der Waals surface area contributed by atoms with Crippen LogP contribution in [0, 0.1) is 5.92 Å². The van der Waals surface area contributed by atoms with Crippen LogP contribution in [0.25, 0.3) is 0 Å². The molecule has 4 heteroatoms. The Morgan fingerprint density at radius 2 is 2.21 bits per heavy atom. The van der Waals surface area contributed by atoms with E-state index < -0.39 is 0 Å². The molecule has 1 aliphatic rings. The Morgan fingerprint density at radius 1 is 1.37 bits per heavy atom. The molecule has 0 aromatic heterocycles. The molecule has 1 heterocycles. The number of benzene rings is 1. The molecule has 0 radical (unpaired) electrons. The number of aromatic hydroxyl groups is 2. The van der Waals surface area contributed by atoms with Crippen LogP contribution < -0.4 is 5.32 Å². The van der Waals surface area contributed by atoms with Gasteiger partial charge in [-0.05, 0) is 44.5 Å². The van der Waals surface area contributed by atoms with Crippen molar-refractivity contribution in [1.29, 1.82) is 0 Å². The molecule has 4 nitrogen and oxygen atoms in total. The molecule has 19 heavy (non-hydrogen) atoms. The van der Waals surface area contributed by atoms with Crippen LogP contribution in [0.3, 0.4) is 0 Å². The van der Waals surface area contributed by atoms with E-state index in [0.29, 0.717) is 5.92 Å². The van der Waals surface area contributed by atoms with Crippen LogP contribution in [0.15, 0.2) is 18.2 Å². The van der Waals surface area contributed by atoms with E-state index in [1.807, 2.05) is 0 Å². The molecule has 0 amide bonds. The van der Waals surface area contributed by atoms with Crippen LogP contribution in [0.1, 0.15) is 25.3 Å². The lowest BCUT2D eigenvalue weighted by molar-refractivity contribution is 0.208. The maximum atomic E-state index is 9.84. The molecule has 3 N–H and O–H groups in total. The summed E-state index contributed by atoms with van der Waals surface area (Å²) in [7, 11) is 0. The predicted octanol–water partition coefficient (Wildman–Crippen LogP) is 1.92. The summed E-state index contributed by atoms with van der Waals surface area (Å²) in [6, 6.07) is 4.84. The van der Waals surface area contributed by atoms with Gasteiger partial charge in [-0.25, -0.2) is 0 Å². The minimum Gasteiger partial charge on any atom is -0.508 e. The second kappa shape index (κ2) is 6.78. The maximum Gasteiger partial charge on any atom is 0.123 e. The van der Waals surface area contributed by atoms with Gasteiger partial charge in [-0.3, -0.25) is 4.90 Å². The van der Waals surface area contributed by atoms with Gasteiger partial charge in [0.1, 0.15) is 11.5 Å². The zero-order valence-corrected chi connectivity index (χ0v) is 11.6. The summed E-state index contributed by atoms with van der Waals surface area (Å²) in [6.45, 7) is 7.15. The highest BCUT2D eigenvalue weighted by molar-refractivity contribution is 5.38. The largest absolute Gasteiger partial charge is 0.508 e. The van der Waals surface area contributed by atoms with Gasteiger partial charge in [0.05, 0.1) is 0 Å². The lowest BCUT2D eigenvalue weighted by Gasteiger charge is -2.29. The predicted molar refractivity (Wildman–Crippen MR) is 76.3 cm³/mol. The van der Waals surface area contributed by atoms with Crippen LogP contribution in [0.4, 0.5) is 0 Å². The molecular weight excluding hydrogens is 240 g/mol. The molecular formula is C15H24N2O2. The molecule has 0 aliphatic carbocycles. The summed E-state index contributed by atoms with van der Waals surface area (Å²) < 4.78 is 0. The number of nitrogens with one attached hydrogen (secondary N) is 1. The standard InChI is InChI=1S/C15H24N2O2/c1-2-17(10-12-4-3-7-16-9-12)11-13-5-6-14(18)8-15(13)19/h5-6,8,12,16,18-19H,2-4,7,9-11H2,1H3. The van der Waals surface area contributed by atoms with E-state index >= 15 is 0 Å². The van der Waals surface area contributed by atoms with Crippen LogP contribution >= 0.6 is 0 Å². The smallest absolute Gasteiger partial charge is 0.123 e. The third kappa shape index (κ3) is 4.11. The van der Waals surface area contributed by atoms with Crippen molar-refractivity contribution in [2.75, 3.05) is 26.2 Å². The first kappa shape index (κ1) is 14.2. The Morgan fingerprint density at radius 3 is 2.84 bits per heavy atom. The molecule has 1 aliphatic heterocycles. The molecule has 2 rings (SSSR count). The van der Waals surface area contributed by atoms with E-state index in [4.69, 9.17) is 0 Å². The van der Waals surface area contributed by atoms with Gasteiger partial charge in [0, 0.05) is 24.7 Å². The van der Waals surface area contributed by atoms with E-state index in [2.05, 4.69) is 17.1 Å². The second-order valence-corrected chi connectivity index (χ2v) is 5.35. The fourth-order valence-electron chi connectivity index (χ4n) is 2.68. The fraction of sp³-hybridized carbons (Fsp3) is 0.600. The maximum absolute atomic E-state index is 9.84. The molecule has 1 saturated heterocycles. The van der Waals surface area contributed by atoms with Crippen molar-refractivity contribution >= 4 is 0 Å². The van der Waals surface area contributed by atoms with Gasteiger partial charge in [-0.15, -0.1) is 0 Å². The van der Waals surface area contributed by atoms with Crippen molar-refractivity contribution in [3.05, 3.63) is 23.8 Å². The number of hydrogen-bond donors (Lipinski definition) is 3. The van der Waals surface area contributed by atoms with E-state index in [-0.39, 0.29) is 11.5 Å². The highest BCUT2D eigenvalue weighted by atomic mass is 16.3. The van der Waals surface area contributed by atoms with Crippen molar-refractivity contribution < 1.29 is 10.2 Å². The summed E-state index contributed by atoms with van der Waals surface area (Å²) in [6.07, 6.45) is 2.54. The molecule has 0 bridgehead atoms. The van der Waals surface area contributed by atoms with Crippen LogP contribution in [-0.4, -0.2) is 41.3 Å². The minimum absolute atomic E-state index is 0.112. The first-order chi connectivity index (χ1) is 9.19. The van der Waals surface area contributed by atoms with E-state index in [9.17, 15) is 10.2 Å². The normalized spacial score (nSPS) is 19.8.